The Bertz CT molecular complexity index is 368. The largest absolute Gasteiger partial charge is 0.373 e. The van der Waals surface area contributed by atoms with Gasteiger partial charge in [-0.25, -0.2) is 0 Å². The highest BCUT2D eigenvalue weighted by Crippen LogP contribution is 2.13. The molecule has 1 aromatic carbocycles. The molecule has 3 nitrogen and oxygen atoms in total. The van der Waals surface area contributed by atoms with Crippen LogP contribution in [-0.2, 0) is 0 Å². The van der Waals surface area contributed by atoms with Gasteiger partial charge in [0, 0.05) is 19.7 Å². The lowest BCUT2D eigenvalue weighted by Crippen LogP contribution is -2.27. The predicted molar refractivity (Wildman–Crippen MR) is 67.0 cm³/mol. The average molecular weight is 226 g/mol. The Hall–Kier alpha value is -0.740. The molecule has 1 rings (SSSR count). The van der Waals surface area contributed by atoms with Crippen LogP contribution in [0, 0.1) is 4.51 Å². The molecule has 0 amide bonds. The minimum absolute atomic E-state index is 0.00374. The van der Waals surface area contributed by atoms with Crippen molar-refractivity contribution in [3.8, 4) is 0 Å². The van der Waals surface area contributed by atoms with E-state index >= 15 is 0 Å². The monoisotopic (exact) mass is 226 g/mol. The third-order valence-corrected chi connectivity index (χ3v) is 2.82. The van der Waals surface area contributed by atoms with Crippen molar-refractivity contribution in [3.63, 3.8) is 0 Å². The molecule has 1 aromatic rings. The topological polar surface area (TPSA) is 32.3 Å². The van der Waals surface area contributed by atoms with E-state index in [2.05, 4.69) is 17.1 Å². The molecule has 0 aliphatic rings. The second-order valence-corrected chi connectivity index (χ2v) is 4.16. The van der Waals surface area contributed by atoms with Crippen LogP contribution in [-0.4, -0.2) is 26.7 Å². The first-order valence-electron chi connectivity index (χ1n) is 5.39. The molecule has 0 bridgehead atoms. The van der Waals surface area contributed by atoms with Gasteiger partial charge < -0.3 is 10.2 Å². The second kappa shape index (κ2) is 5.98. The van der Waals surface area contributed by atoms with E-state index in [1.165, 1.54) is 6.42 Å². The van der Waals surface area contributed by atoms with Crippen molar-refractivity contribution in [2.24, 2.45) is 0 Å². The first kappa shape index (κ1) is 12.3. The fourth-order valence-corrected chi connectivity index (χ4v) is 1.72. The van der Waals surface area contributed by atoms with Crippen LogP contribution in [0.4, 0.5) is 5.69 Å². The quantitative estimate of drug-likeness (QED) is 0.564. The third kappa shape index (κ3) is 3.39. The van der Waals surface area contributed by atoms with Crippen LogP contribution in [0.15, 0.2) is 10.9 Å². The summed E-state index contributed by atoms with van der Waals surface area (Å²) in [4.78, 5) is 13.0. The van der Waals surface area contributed by atoms with Gasteiger partial charge in [0.15, 0.2) is 0 Å². The maximum atomic E-state index is 10.9. The SMILES string of the molecule is CCCNCCCN(C)c1cc(=O)c1=S. The maximum absolute atomic E-state index is 10.9. The Kier molecular flexibility index (Phi) is 4.91. The molecule has 4 heteroatoms. The lowest BCUT2D eigenvalue weighted by atomic mass is 10.2. The molecule has 15 heavy (non-hydrogen) atoms. The number of nitrogens with one attached hydrogen (secondary N) is 1. The lowest BCUT2D eigenvalue weighted by molar-refractivity contribution is 0.637. The molecule has 0 saturated heterocycles. The van der Waals surface area contributed by atoms with Gasteiger partial charge in [-0.15, -0.1) is 0 Å². The summed E-state index contributed by atoms with van der Waals surface area (Å²) < 4.78 is 0.485. The molecule has 0 aromatic heterocycles. The van der Waals surface area contributed by atoms with Crippen molar-refractivity contribution in [2.75, 3.05) is 31.6 Å². The number of hydrogen-bond donors (Lipinski definition) is 1. The van der Waals surface area contributed by atoms with Crippen molar-refractivity contribution in [1.29, 1.82) is 0 Å². The maximum Gasteiger partial charge on any atom is 0.200 e. The van der Waals surface area contributed by atoms with Gasteiger partial charge in [-0.05, 0) is 25.9 Å². The summed E-state index contributed by atoms with van der Waals surface area (Å²) in [6.45, 7) is 5.19. The Morgan fingerprint density at radius 2 is 2.20 bits per heavy atom. The summed E-state index contributed by atoms with van der Waals surface area (Å²) in [6.07, 6.45) is 2.24. The Balaban J connectivity index is 2.21. The van der Waals surface area contributed by atoms with Crippen molar-refractivity contribution in [3.05, 3.63) is 20.8 Å². The van der Waals surface area contributed by atoms with E-state index in [-0.39, 0.29) is 5.43 Å². The Labute approximate surface area is 95.8 Å². The van der Waals surface area contributed by atoms with Gasteiger partial charge in [0.25, 0.3) is 0 Å². The number of rotatable bonds is 7. The molecule has 0 radical (unpaired) electrons. The zero-order chi connectivity index (χ0) is 11.3. The van der Waals surface area contributed by atoms with Crippen molar-refractivity contribution >= 4 is 17.9 Å². The molecule has 0 saturated carbocycles. The van der Waals surface area contributed by atoms with Crippen LogP contribution in [0.3, 0.4) is 0 Å². The third-order valence-electron chi connectivity index (χ3n) is 2.41. The summed E-state index contributed by atoms with van der Waals surface area (Å²) in [5.74, 6) is 0. The van der Waals surface area contributed by atoms with E-state index in [9.17, 15) is 4.79 Å². The van der Waals surface area contributed by atoms with Gasteiger partial charge >= 0.3 is 0 Å². The van der Waals surface area contributed by atoms with Crippen LogP contribution < -0.4 is 15.6 Å². The van der Waals surface area contributed by atoms with Gasteiger partial charge in [-0.3, -0.25) is 4.79 Å². The second-order valence-electron chi connectivity index (χ2n) is 3.75. The molecule has 84 valence electrons. The molecule has 0 unspecified atom stereocenters. The van der Waals surface area contributed by atoms with E-state index in [1.54, 1.807) is 6.07 Å². The van der Waals surface area contributed by atoms with E-state index < -0.39 is 0 Å². The molecule has 0 atom stereocenters. The smallest absolute Gasteiger partial charge is 0.200 e. The van der Waals surface area contributed by atoms with Gasteiger partial charge in [-0.2, -0.15) is 0 Å². The summed E-state index contributed by atoms with van der Waals surface area (Å²) in [5, 5.41) is 3.34. The van der Waals surface area contributed by atoms with Crippen LogP contribution in [0.1, 0.15) is 19.8 Å². The molecular weight excluding hydrogens is 208 g/mol. The molecule has 0 spiro atoms. The number of anilines is 1. The van der Waals surface area contributed by atoms with E-state index in [4.69, 9.17) is 12.2 Å². The molecule has 0 fully saturated rings. The standard InChI is InChI=1S/C11H18N2OS/c1-3-5-12-6-4-7-13(2)9-8-10(14)11(9)15/h8,12H,3-7H2,1-2H3. The zero-order valence-corrected chi connectivity index (χ0v) is 10.2. The lowest BCUT2D eigenvalue weighted by Gasteiger charge is -2.20. The Morgan fingerprint density at radius 1 is 1.47 bits per heavy atom. The Morgan fingerprint density at radius 3 is 2.73 bits per heavy atom. The molecular formula is C11H18N2OS. The number of hydrogen-bond acceptors (Lipinski definition) is 4. The fourth-order valence-electron chi connectivity index (χ4n) is 1.45. The van der Waals surface area contributed by atoms with E-state index in [1.807, 2.05) is 7.05 Å². The predicted octanol–water partition coefficient (Wildman–Crippen LogP) is 1.48. The van der Waals surface area contributed by atoms with Crippen LogP contribution in [0.25, 0.3) is 0 Å². The first-order chi connectivity index (χ1) is 7.16. The van der Waals surface area contributed by atoms with Crippen LogP contribution >= 0.6 is 12.2 Å². The highest BCUT2D eigenvalue weighted by atomic mass is 32.1. The van der Waals surface area contributed by atoms with Gasteiger partial charge in [0.2, 0.25) is 5.43 Å². The van der Waals surface area contributed by atoms with Gasteiger partial charge in [0.05, 0.1) is 5.69 Å². The van der Waals surface area contributed by atoms with E-state index in [0.29, 0.717) is 4.51 Å². The highest BCUT2D eigenvalue weighted by molar-refractivity contribution is 7.71. The van der Waals surface area contributed by atoms with Crippen LogP contribution in [0.2, 0.25) is 0 Å². The number of nitrogens with zero attached hydrogens (tertiary/aromatic N) is 1. The summed E-state index contributed by atoms with van der Waals surface area (Å²) >= 11 is 4.95. The summed E-state index contributed by atoms with van der Waals surface area (Å²) in [7, 11) is 1.98. The molecule has 0 aliphatic carbocycles. The summed E-state index contributed by atoms with van der Waals surface area (Å²) in [6, 6.07) is 1.61. The normalized spacial score (nSPS) is 10.8. The average Bonchev–Trinajstić information content (AvgIpc) is 2.24. The molecule has 0 heterocycles. The highest BCUT2D eigenvalue weighted by Gasteiger charge is 2.09. The van der Waals surface area contributed by atoms with Crippen LogP contribution in [0.5, 0.6) is 0 Å². The minimum Gasteiger partial charge on any atom is -0.373 e. The molecule has 1 N–H and O–H groups in total. The minimum atomic E-state index is -0.00374. The first-order valence-corrected chi connectivity index (χ1v) is 5.80. The van der Waals surface area contributed by atoms with E-state index in [0.717, 1.165) is 31.7 Å². The van der Waals surface area contributed by atoms with Crippen molar-refractivity contribution in [2.45, 2.75) is 19.8 Å². The van der Waals surface area contributed by atoms with Gasteiger partial charge in [-0.1, -0.05) is 19.1 Å². The fraction of sp³-hybridized carbons (Fsp3) is 0.636. The van der Waals surface area contributed by atoms with Crippen molar-refractivity contribution in [1.82, 2.24) is 5.32 Å². The summed E-state index contributed by atoms with van der Waals surface area (Å²) in [5.41, 5.74) is 0.918. The van der Waals surface area contributed by atoms with Crippen molar-refractivity contribution < 1.29 is 0 Å². The zero-order valence-electron chi connectivity index (χ0n) is 9.38. The van der Waals surface area contributed by atoms with Gasteiger partial charge in [0.1, 0.15) is 4.51 Å². The molecule has 0 aliphatic heterocycles.